The van der Waals surface area contributed by atoms with E-state index < -0.39 is 10.0 Å². The van der Waals surface area contributed by atoms with Crippen LogP contribution in [0.3, 0.4) is 0 Å². The van der Waals surface area contributed by atoms with Gasteiger partial charge in [0.1, 0.15) is 5.75 Å². The highest BCUT2D eigenvalue weighted by Crippen LogP contribution is 2.30. The molecule has 0 aliphatic carbocycles. The van der Waals surface area contributed by atoms with E-state index in [0.29, 0.717) is 44.9 Å². The van der Waals surface area contributed by atoms with Gasteiger partial charge in [0.15, 0.2) is 0 Å². The first-order valence-electron chi connectivity index (χ1n) is 9.74. The Morgan fingerprint density at radius 2 is 1.59 bits per heavy atom. The molecule has 0 spiro atoms. The molecule has 0 heterocycles. The lowest BCUT2D eigenvalue weighted by Crippen LogP contribution is -2.29. The van der Waals surface area contributed by atoms with Gasteiger partial charge in [-0.25, -0.2) is 8.42 Å². The molecule has 6 nitrogen and oxygen atoms in total. The number of sulfonamides is 1. The van der Waals surface area contributed by atoms with Crippen LogP contribution in [0.25, 0.3) is 0 Å². The number of rotatable bonds is 8. The van der Waals surface area contributed by atoms with Gasteiger partial charge in [-0.1, -0.05) is 41.4 Å². The Morgan fingerprint density at radius 1 is 0.969 bits per heavy atom. The number of anilines is 2. The number of carbonyl (C=O) groups is 1. The van der Waals surface area contributed by atoms with E-state index in [-0.39, 0.29) is 12.5 Å². The van der Waals surface area contributed by atoms with E-state index in [1.807, 2.05) is 13.0 Å². The summed E-state index contributed by atoms with van der Waals surface area (Å²) in [6, 6.07) is 18.4. The molecular weight excluding hydrogens is 471 g/mol. The minimum atomic E-state index is -3.64. The average molecular weight is 493 g/mol. The monoisotopic (exact) mass is 492 g/mol. The van der Waals surface area contributed by atoms with Crippen molar-refractivity contribution in [1.29, 1.82) is 0 Å². The normalized spacial score (nSPS) is 11.1. The summed E-state index contributed by atoms with van der Waals surface area (Å²) in [6.07, 6.45) is 1.10. The molecule has 0 saturated heterocycles. The van der Waals surface area contributed by atoms with Crippen molar-refractivity contribution < 1.29 is 17.9 Å². The van der Waals surface area contributed by atoms with Crippen LogP contribution in [0.5, 0.6) is 5.75 Å². The van der Waals surface area contributed by atoms with Crippen molar-refractivity contribution in [3.05, 3.63) is 87.9 Å². The molecule has 1 N–H and O–H groups in total. The Kier molecular flexibility index (Phi) is 7.66. The molecular formula is C23H22Cl2N2O4S. The third-order valence-electron chi connectivity index (χ3n) is 4.62. The number of carbonyl (C=O) groups excluding carboxylic acids is 1. The van der Waals surface area contributed by atoms with Gasteiger partial charge in [0.2, 0.25) is 10.0 Å². The second-order valence-electron chi connectivity index (χ2n) is 6.90. The van der Waals surface area contributed by atoms with Crippen molar-refractivity contribution in [3.63, 3.8) is 0 Å². The maximum absolute atomic E-state index is 12.7. The fraction of sp³-hybridized carbons (Fsp3) is 0.174. The van der Waals surface area contributed by atoms with Crippen LogP contribution in [0.2, 0.25) is 10.0 Å². The molecule has 0 radical (unpaired) electrons. The van der Waals surface area contributed by atoms with Crippen molar-refractivity contribution in [3.8, 4) is 5.75 Å². The zero-order valence-corrected chi connectivity index (χ0v) is 19.8. The van der Waals surface area contributed by atoms with Crippen LogP contribution in [0.1, 0.15) is 22.8 Å². The molecule has 0 unspecified atom stereocenters. The first-order valence-corrected chi connectivity index (χ1v) is 12.3. The largest absolute Gasteiger partial charge is 0.492 e. The Hall–Kier alpha value is -2.74. The van der Waals surface area contributed by atoms with Gasteiger partial charge in [-0.2, -0.15) is 0 Å². The molecule has 0 atom stereocenters. The molecule has 168 valence electrons. The van der Waals surface area contributed by atoms with E-state index in [1.54, 1.807) is 60.7 Å². The standard InChI is InChI=1S/C23H22Cl2N2O4S/c1-3-31-22-10-5-4-9-21(22)26-23(28)16-11-13-17(14-12-16)27(32(2,29)30)15-18-19(24)7-6-8-20(18)25/h4-14H,3,15H2,1-2H3,(H,26,28). The van der Waals surface area contributed by atoms with Crippen LogP contribution < -0.4 is 14.4 Å². The Balaban J connectivity index is 1.84. The molecule has 0 fully saturated rings. The quantitative estimate of drug-likeness (QED) is 0.443. The van der Waals surface area contributed by atoms with E-state index >= 15 is 0 Å². The average Bonchev–Trinajstić information content (AvgIpc) is 2.74. The third-order valence-corrected chi connectivity index (χ3v) is 6.47. The van der Waals surface area contributed by atoms with Crippen LogP contribution in [-0.4, -0.2) is 27.2 Å². The van der Waals surface area contributed by atoms with Crippen LogP contribution in [0, 0.1) is 0 Å². The van der Waals surface area contributed by atoms with Gasteiger partial charge in [0.25, 0.3) is 5.91 Å². The molecule has 32 heavy (non-hydrogen) atoms. The number of amides is 1. The highest BCUT2D eigenvalue weighted by Gasteiger charge is 2.21. The van der Waals surface area contributed by atoms with Gasteiger partial charge in [0, 0.05) is 21.2 Å². The predicted molar refractivity (Wildman–Crippen MR) is 129 cm³/mol. The fourth-order valence-corrected chi connectivity index (χ4v) is 4.44. The summed E-state index contributed by atoms with van der Waals surface area (Å²) in [5.41, 5.74) is 1.80. The molecule has 0 aromatic heterocycles. The number of halogens is 2. The maximum atomic E-state index is 12.7. The van der Waals surface area contributed by atoms with E-state index in [4.69, 9.17) is 27.9 Å². The number of ether oxygens (including phenoxy) is 1. The Labute approximate surface area is 197 Å². The first-order chi connectivity index (χ1) is 15.2. The zero-order valence-electron chi connectivity index (χ0n) is 17.5. The van der Waals surface area contributed by atoms with Crippen LogP contribution in [0.4, 0.5) is 11.4 Å². The maximum Gasteiger partial charge on any atom is 0.255 e. The van der Waals surface area contributed by atoms with Crippen LogP contribution in [0.15, 0.2) is 66.7 Å². The van der Waals surface area contributed by atoms with Gasteiger partial charge in [-0.3, -0.25) is 9.10 Å². The van der Waals surface area contributed by atoms with Crippen molar-refractivity contribution >= 4 is 50.5 Å². The lowest BCUT2D eigenvalue weighted by atomic mass is 10.1. The lowest BCUT2D eigenvalue weighted by Gasteiger charge is -2.23. The molecule has 9 heteroatoms. The summed E-state index contributed by atoms with van der Waals surface area (Å²) in [5, 5.41) is 3.56. The van der Waals surface area contributed by atoms with E-state index in [1.165, 1.54) is 4.31 Å². The van der Waals surface area contributed by atoms with Gasteiger partial charge in [-0.15, -0.1) is 0 Å². The summed E-state index contributed by atoms with van der Waals surface area (Å²) in [7, 11) is -3.64. The molecule has 0 bridgehead atoms. The lowest BCUT2D eigenvalue weighted by molar-refractivity contribution is 0.102. The van der Waals surface area contributed by atoms with Gasteiger partial charge in [-0.05, 0) is 55.5 Å². The van der Waals surface area contributed by atoms with Gasteiger partial charge in [0.05, 0.1) is 30.8 Å². The predicted octanol–water partition coefficient (Wildman–Crippen LogP) is 5.61. The topological polar surface area (TPSA) is 75.7 Å². The highest BCUT2D eigenvalue weighted by molar-refractivity contribution is 7.92. The number of benzene rings is 3. The third kappa shape index (κ3) is 5.73. The summed E-state index contributed by atoms with van der Waals surface area (Å²) in [5.74, 6) is 0.226. The molecule has 0 saturated carbocycles. The molecule has 0 aliphatic rings. The summed E-state index contributed by atoms with van der Waals surface area (Å²) < 4.78 is 31.6. The van der Waals surface area contributed by atoms with E-state index in [9.17, 15) is 13.2 Å². The zero-order chi connectivity index (χ0) is 23.3. The number of hydrogen-bond donors (Lipinski definition) is 1. The van der Waals surface area contributed by atoms with Gasteiger partial charge >= 0.3 is 0 Å². The second-order valence-corrected chi connectivity index (χ2v) is 9.62. The SMILES string of the molecule is CCOc1ccccc1NC(=O)c1ccc(N(Cc2c(Cl)cccc2Cl)S(C)(=O)=O)cc1. The summed E-state index contributed by atoms with van der Waals surface area (Å²) in [4.78, 5) is 12.7. The van der Waals surface area contributed by atoms with Crippen molar-refractivity contribution in [1.82, 2.24) is 0 Å². The minimum Gasteiger partial charge on any atom is -0.492 e. The van der Waals surface area contributed by atoms with E-state index in [0.717, 1.165) is 6.26 Å². The van der Waals surface area contributed by atoms with E-state index in [2.05, 4.69) is 5.32 Å². The smallest absolute Gasteiger partial charge is 0.255 e. The van der Waals surface area contributed by atoms with Gasteiger partial charge < -0.3 is 10.1 Å². The molecule has 1 amide bonds. The van der Waals surface area contributed by atoms with Crippen LogP contribution >= 0.6 is 23.2 Å². The minimum absolute atomic E-state index is 0.0371. The van der Waals surface area contributed by atoms with Crippen molar-refractivity contribution in [2.75, 3.05) is 22.5 Å². The first kappa shape index (κ1) is 23.9. The Bertz CT molecular complexity index is 1190. The number of nitrogens with one attached hydrogen (secondary N) is 1. The second kappa shape index (κ2) is 10.3. The molecule has 3 aromatic carbocycles. The molecule has 3 aromatic rings. The number of nitrogens with zero attached hydrogens (tertiary/aromatic N) is 1. The Morgan fingerprint density at radius 3 is 2.19 bits per heavy atom. The summed E-state index contributed by atoms with van der Waals surface area (Å²) >= 11 is 12.4. The number of para-hydroxylation sites is 2. The van der Waals surface area contributed by atoms with Crippen LogP contribution in [-0.2, 0) is 16.6 Å². The summed E-state index contributed by atoms with van der Waals surface area (Å²) in [6.45, 7) is 2.30. The fourth-order valence-electron chi connectivity index (χ4n) is 3.05. The number of hydrogen-bond acceptors (Lipinski definition) is 4. The molecule has 0 aliphatic heterocycles. The van der Waals surface area contributed by atoms with Crippen molar-refractivity contribution in [2.45, 2.75) is 13.5 Å². The van der Waals surface area contributed by atoms with Crippen molar-refractivity contribution in [2.24, 2.45) is 0 Å². The highest BCUT2D eigenvalue weighted by atomic mass is 35.5. The molecule has 3 rings (SSSR count).